The molecule has 0 saturated carbocycles. The lowest BCUT2D eigenvalue weighted by molar-refractivity contribution is -0.137. The molecule has 1 amide bonds. The Labute approximate surface area is 169 Å². The maximum Gasteiger partial charge on any atom is 0.337 e. The molecule has 29 heavy (non-hydrogen) atoms. The van der Waals surface area contributed by atoms with Gasteiger partial charge in [-0.05, 0) is 42.8 Å². The maximum atomic E-state index is 12.9. The average Bonchev–Trinajstić information content (AvgIpc) is 2.72. The van der Waals surface area contributed by atoms with Crippen molar-refractivity contribution in [3.63, 3.8) is 0 Å². The van der Waals surface area contributed by atoms with Gasteiger partial charge in [-0.15, -0.1) is 0 Å². The van der Waals surface area contributed by atoms with Gasteiger partial charge in [-0.2, -0.15) is 4.36 Å². The normalized spacial score (nSPS) is 12.8. The molecule has 0 aliphatic rings. The van der Waals surface area contributed by atoms with Crippen LogP contribution < -0.4 is 0 Å². The summed E-state index contributed by atoms with van der Waals surface area (Å²) in [5.74, 6) is -2.00. The van der Waals surface area contributed by atoms with Crippen molar-refractivity contribution in [1.29, 1.82) is 0 Å². The molecule has 0 heterocycles. The minimum absolute atomic E-state index is 0.0129. The molecule has 2 aromatic carbocycles. The van der Waals surface area contributed by atoms with Crippen molar-refractivity contribution in [2.24, 2.45) is 4.36 Å². The molecule has 1 atom stereocenters. The van der Waals surface area contributed by atoms with E-state index >= 15 is 0 Å². The summed E-state index contributed by atoms with van der Waals surface area (Å²) < 4.78 is 26.3. The number of ether oxygens (including phenoxy) is 2. The molecule has 2 rings (SSSR count). The van der Waals surface area contributed by atoms with E-state index in [1.165, 1.54) is 37.6 Å². The number of esters is 2. The van der Waals surface area contributed by atoms with Gasteiger partial charge in [0, 0.05) is 17.2 Å². The van der Waals surface area contributed by atoms with Gasteiger partial charge >= 0.3 is 11.9 Å². The highest BCUT2D eigenvalue weighted by atomic mass is 32.2. The molecular formula is C21H21NO6S. The fraction of sp³-hybridized carbons (Fsp3) is 0.190. The number of hydrogen-bond donors (Lipinski definition) is 0. The van der Waals surface area contributed by atoms with Gasteiger partial charge in [-0.25, -0.2) is 13.8 Å². The van der Waals surface area contributed by atoms with E-state index in [0.29, 0.717) is 10.5 Å². The van der Waals surface area contributed by atoms with Crippen molar-refractivity contribution in [3.8, 4) is 0 Å². The molecule has 0 radical (unpaired) electrons. The highest BCUT2D eigenvalue weighted by molar-refractivity contribution is 7.93. The molecule has 0 aliphatic heterocycles. The summed E-state index contributed by atoms with van der Waals surface area (Å²) in [6.07, 6.45) is 3.90. The summed E-state index contributed by atoms with van der Waals surface area (Å²) in [5, 5.41) is 0. The molecule has 0 saturated heterocycles. The van der Waals surface area contributed by atoms with E-state index in [1.54, 1.807) is 37.3 Å². The fourth-order valence-corrected chi connectivity index (χ4v) is 3.60. The summed E-state index contributed by atoms with van der Waals surface area (Å²) in [6.45, 7) is 1.88. The lowest BCUT2D eigenvalue weighted by Crippen LogP contribution is -2.08. The van der Waals surface area contributed by atoms with Crippen LogP contribution in [0.1, 0.15) is 33.2 Å². The number of carbonyl (C=O) groups is 3. The Morgan fingerprint density at radius 3 is 2.41 bits per heavy atom. The molecule has 7 nitrogen and oxygen atoms in total. The first-order chi connectivity index (χ1) is 13.8. The third kappa shape index (κ3) is 5.86. The van der Waals surface area contributed by atoms with E-state index in [-0.39, 0.29) is 17.7 Å². The van der Waals surface area contributed by atoms with Gasteiger partial charge in [0.2, 0.25) is 0 Å². The monoisotopic (exact) mass is 415 g/mol. The molecule has 152 valence electrons. The van der Waals surface area contributed by atoms with Crippen molar-refractivity contribution in [3.05, 3.63) is 71.3 Å². The van der Waals surface area contributed by atoms with Gasteiger partial charge in [0.15, 0.2) is 0 Å². The molecular weight excluding hydrogens is 394 g/mol. The van der Waals surface area contributed by atoms with E-state index in [9.17, 15) is 18.6 Å². The van der Waals surface area contributed by atoms with Crippen molar-refractivity contribution >= 4 is 33.7 Å². The van der Waals surface area contributed by atoms with Crippen molar-refractivity contribution < 1.29 is 28.1 Å². The zero-order valence-corrected chi connectivity index (χ0v) is 17.1. The van der Waals surface area contributed by atoms with Crippen LogP contribution in [0.25, 0.3) is 6.08 Å². The summed E-state index contributed by atoms with van der Waals surface area (Å²) in [5.41, 5.74) is 0.461. The Balaban J connectivity index is 2.53. The average molecular weight is 415 g/mol. The van der Waals surface area contributed by atoms with Crippen LogP contribution in [0.2, 0.25) is 0 Å². The first-order valence-electron chi connectivity index (χ1n) is 8.67. The van der Waals surface area contributed by atoms with Gasteiger partial charge in [0.05, 0.1) is 34.6 Å². The number of nitrogens with zero attached hydrogens (tertiary/aromatic N) is 1. The highest BCUT2D eigenvalue weighted by Gasteiger charge is 2.17. The van der Waals surface area contributed by atoms with Crippen LogP contribution in [0.15, 0.2) is 63.9 Å². The molecule has 0 N–H and O–H groups in total. The van der Waals surface area contributed by atoms with E-state index in [1.807, 2.05) is 0 Å². The molecule has 2 aromatic rings. The van der Waals surface area contributed by atoms with Crippen LogP contribution in [0.5, 0.6) is 0 Å². The number of amides is 1. The summed E-state index contributed by atoms with van der Waals surface area (Å²) in [4.78, 5) is 36.7. The zero-order chi connectivity index (χ0) is 21.4. The van der Waals surface area contributed by atoms with Crippen molar-refractivity contribution in [2.75, 3.05) is 20.0 Å². The Morgan fingerprint density at radius 2 is 1.79 bits per heavy atom. The van der Waals surface area contributed by atoms with E-state index in [0.717, 1.165) is 6.08 Å². The van der Waals surface area contributed by atoms with Crippen LogP contribution in [-0.2, 0) is 24.0 Å². The van der Waals surface area contributed by atoms with Crippen LogP contribution in [0, 0.1) is 0 Å². The first-order valence-corrected chi connectivity index (χ1v) is 10.6. The molecule has 0 spiro atoms. The number of benzene rings is 2. The van der Waals surface area contributed by atoms with Gasteiger partial charge < -0.3 is 9.47 Å². The second-order valence-electron chi connectivity index (χ2n) is 5.89. The second-order valence-corrected chi connectivity index (χ2v) is 8.15. The van der Waals surface area contributed by atoms with Crippen LogP contribution in [0.4, 0.5) is 0 Å². The predicted molar refractivity (Wildman–Crippen MR) is 109 cm³/mol. The molecule has 0 aliphatic carbocycles. The van der Waals surface area contributed by atoms with Gasteiger partial charge in [0.25, 0.3) is 5.91 Å². The van der Waals surface area contributed by atoms with Gasteiger partial charge in [0.1, 0.15) is 0 Å². The van der Waals surface area contributed by atoms with Gasteiger partial charge in [-0.1, -0.05) is 24.3 Å². The van der Waals surface area contributed by atoms with E-state index in [2.05, 4.69) is 9.10 Å². The molecule has 0 fully saturated rings. The number of carbonyl (C=O) groups excluding carboxylic acids is 3. The fourth-order valence-electron chi connectivity index (χ4n) is 2.41. The Bertz CT molecular complexity index is 1070. The largest absolute Gasteiger partial charge is 0.465 e. The lowest BCUT2D eigenvalue weighted by Gasteiger charge is -2.08. The quantitative estimate of drug-likeness (QED) is 0.530. The Morgan fingerprint density at radius 1 is 1.10 bits per heavy atom. The third-order valence-corrected chi connectivity index (χ3v) is 5.49. The van der Waals surface area contributed by atoms with Crippen molar-refractivity contribution in [1.82, 2.24) is 0 Å². The smallest absolute Gasteiger partial charge is 0.337 e. The van der Waals surface area contributed by atoms with Crippen LogP contribution >= 0.6 is 0 Å². The Hall–Kier alpha value is -3.26. The number of rotatable bonds is 6. The lowest BCUT2D eigenvalue weighted by atomic mass is 10.0. The second kappa shape index (κ2) is 9.79. The van der Waals surface area contributed by atoms with Crippen molar-refractivity contribution in [2.45, 2.75) is 11.8 Å². The number of methoxy groups -OCH3 is 1. The number of hydrogen-bond acceptors (Lipinski definition) is 6. The predicted octanol–water partition coefficient (Wildman–Crippen LogP) is 3.35. The van der Waals surface area contributed by atoms with E-state index < -0.39 is 27.6 Å². The highest BCUT2D eigenvalue weighted by Crippen LogP contribution is 2.19. The minimum Gasteiger partial charge on any atom is -0.465 e. The Kier molecular flexibility index (Phi) is 7.44. The first kappa shape index (κ1) is 22.0. The molecule has 1 unspecified atom stereocenters. The third-order valence-electron chi connectivity index (χ3n) is 3.83. The van der Waals surface area contributed by atoms with Crippen LogP contribution in [0.3, 0.4) is 0 Å². The van der Waals surface area contributed by atoms with E-state index in [4.69, 9.17) is 4.74 Å². The van der Waals surface area contributed by atoms with Gasteiger partial charge in [-0.3, -0.25) is 4.79 Å². The van der Waals surface area contributed by atoms with Crippen LogP contribution in [-0.4, -0.2) is 42.0 Å². The summed E-state index contributed by atoms with van der Waals surface area (Å²) in [6, 6.07) is 12.6. The topological polar surface area (TPSA) is 99.1 Å². The maximum absolute atomic E-state index is 12.9. The summed E-state index contributed by atoms with van der Waals surface area (Å²) >= 11 is 0. The molecule has 0 aromatic heterocycles. The molecule has 0 bridgehead atoms. The minimum atomic E-state index is -3.01. The zero-order valence-electron chi connectivity index (χ0n) is 16.3. The SMILES string of the molecule is CCOC(=O)/C=C/c1ccc(C(=O)OC)cc1C(=O)N=S(C)(=O)c1ccccc1. The summed E-state index contributed by atoms with van der Waals surface area (Å²) in [7, 11) is -1.79. The standard InChI is InChI=1S/C21H21NO6S/c1-4-28-19(23)13-12-15-10-11-16(21(25)27-2)14-18(15)20(24)22-29(3,26)17-8-6-5-7-9-17/h5-14H,4H2,1-3H3/b13-12+. The molecule has 8 heteroatoms.